The number of carbonyl (C=O) groups is 2. The first kappa shape index (κ1) is 27.1. The third-order valence-electron chi connectivity index (χ3n) is 4.98. The van der Waals surface area contributed by atoms with Gasteiger partial charge in [-0.1, -0.05) is 20.8 Å². The third kappa shape index (κ3) is 8.25. The number of aryl methyl sites for hydroxylation is 1. The Balaban J connectivity index is 3.21. The van der Waals surface area contributed by atoms with E-state index in [0.29, 0.717) is 6.61 Å². The van der Waals surface area contributed by atoms with Gasteiger partial charge < -0.3 is 13.9 Å². The lowest BCUT2D eigenvalue weighted by molar-refractivity contribution is 0.0429. The van der Waals surface area contributed by atoms with Gasteiger partial charge in [-0.2, -0.15) is 4.90 Å². The zero-order valence-corrected chi connectivity index (χ0v) is 22.3. The second kappa shape index (κ2) is 9.28. The van der Waals surface area contributed by atoms with Crippen molar-refractivity contribution < 1.29 is 23.5 Å². The van der Waals surface area contributed by atoms with Crippen molar-refractivity contribution >= 4 is 26.3 Å². The average molecular weight is 453 g/mol. The van der Waals surface area contributed by atoms with Gasteiger partial charge in [-0.3, -0.25) is 0 Å². The van der Waals surface area contributed by atoms with Gasteiger partial charge in [0.05, 0.1) is 6.61 Å². The number of rotatable bonds is 4. The molecule has 2 amide bonds. The summed E-state index contributed by atoms with van der Waals surface area (Å²) in [6, 6.07) is 1.68. The Morgan fingerprint density at radius 2 is 1.39 bits per heavy atom. The molecule has 0 N–H and O–H groups in total. The molecule has 0 unspecified atom stereocenters. The summed E-state index contributed by atoms with van der Waals surface area (Å²) in [5.74, 6) is 0.150. The van der Waals surface area contributed by atoms with Crippen molar-refractivity contribution in [1.29, 1.82) is 0 Å². The number of aromatic nitrogens is 1. The lowest BCUT2D eigenvalue weighted by Crippen LogP contribution is -2.44. The van der Waals surface area contributed by atoms with Crippen LogP contribution in [0.2, 0.25) is 18.1 Å². The molecule has 0 fully saturated rings. The van der Waals surface area contributed by atoms with Crippen molar-refractivity contribution in [2.75, 3.05) is 4.90 Å². The smallest absolute Gasteiger partial charge is 0.425 e. The van der Waals surface area contributed by atoms with E-state index in [-0.39, 0.29) is 10.9 Å². The molecule has 31 heavy (non-hydrogen) atoms. The van der Waals surface area contributed by atoms with Gasteiger partial charge in [0.1, 0.15) is 17.0 Å². The van der Waals surface area contributed by atoms with Crippen LogP contribution in [-0.4, -0.2) is 36.7 Å². The second-order valence-corrected chi connectivity index (χ2v) is 16.1. The van der Waals surface area contributed by atoms with E-state index in [1.54, 1.807) is 53.8 Å². The summed E-state index contributed by atoms with van der Waals surface area (Å²) in [5.41, 5.74) is 0.217. The minimum absolute atomic E-state index is 0.0957. The second-order valence-electron chi connectivity index (χ2n) is 11.3. The summed E-state index contributed by atoms with van der Waals surface area (Å²) in [6.07, 6.45) is -0.0302. The summed E-state index contributed by atoms with van der Waals surface area (Å²) in [7, 11) is -1.92. The van der Waals surface area contributed by atoms with Gasteiger partial charge in [-0.25, -0.2) is 14.6 Å². The van der Waals surface area contributed by atoms with Crippen molar-refractivity contribution in [2.24, 2.45) is 0 Å². The quantitative estimate of drug-likeness (QED) is 0.480. The van der Waals surface area contributed by atoms with Gasteiger partial charge in [0, 0.05) is 6.20 Å². The fourth-order valence-electron chi connectivity index (χ4n) is 2.19. The van der Waals surface area contributed by atoms with Gasteiger partial charge in [0.15, 0.2) is 8.32 Å². The first-order chi connectivity index (χ1) is 13.7. The summed E-state index contributed by atoms with van der Waals surface area (Å²) >= 11 is 0. The summed E-state index contributed by atoms with van der Waals surface area (Å²) in [5, 5.41) is 0.0957. The molecule has 0 aromatic carbocycles. The molecule has 0 aliphatic heterocycles. The molecule has 7 nitrogen and oxygen atoms in total. The number of amides is 2. The first-order valence-electron chi connectivity index (χ1n) is 10.6. The molecule has 1 heterocycles. The lowest BCUT2D eigenvalue weighted by atomic mass is 10.1. The van der Waals surface area contributed by atoms with Gasteiger partial charge in [-0.15, -0.1) is 0 Å². The van der Waals surface area contributed by atoms with E-state index >= 15 is 0 Å². The van der Waals surface area contributed by atoms with Crippen molar-refractivity contribution in [3.05, 3.63) is 23.4 Å². The average Bonchev–Trinajstić information content (AvgIpc) is 2.49. The molecule has 1 rings (SSSR count). The maximum atomic E-state index is 12.8. The third-order valence-corrected chi connectivity index (χ3v) is 9.46. The highest BCUT2D eigenvalue weighted by Crippen LogP contribution is 2.37. The van der Waals surface area contributed by atoms with Crippen LogP contribution in [0.1, 0.15) is 73.4 Å². The fourth-order valence-corrected chi connectivity index (χ4v) is 3.14. The molecule has 0 radical (unpaired) electrons. The van der Waals surface area contributed by atoms with E-state index in [0.717, 1.165) is 16.0 Å². The highest BCUT2D eigenvalue weighted by molar-refractivity contribution is 6.74. The fraction of sp³-hybridized carbons (Fsp3) is 0.696. The van der Waals surface area contributed by atoms with Gasteiger partial charge in [0.25, 0.3) is 0 Å². The van der Waals surface area contributed by atoms with Crippen LogP contribution in [0, 0.1) is 6.92 Å². The van der Waals surface area contributed by atoms with Crippen LogP contribution in [0.3, 0.4) is 0 Å². The Hall–Kier alpha value is -1.93. The molecule has 0 aliphatic rings. The van der Waals surface area contributed by atoms with Crippen LogP contribution in [0.25, 0.3) is 0 Å². The van der Waals surface area contributed by atoms with E-state index < -0.39 is 31.7 Å². The molecule has 0 saturated heterocycles. The topological polar surface area (TPSA) is 78.0 Å². The number of anilines is 1. The predicted octanol–water partition coefficient (Wildman–Crippen LogP) is 6.59. The van der Waals surface area contributed by atoms with Crippen LogP contribution in [0.5, 0.6) is 0 Å². The van der Waals surface area contributed by atoms with Crippen molar-refractivity contribution in [2.45, 2.75) is 105 Å². The maximum absolute atomic E-state index is 12.8. The lowest BCUT2D eigenvalue weighted by Gasteiger charge is -2.36. The minimum atomic E-state index is -1.92. The number of hydrogen-bond acceptors (Lipinski definition) is 6. The zero-order valence-electron chi connectivity index (χ0n) is 21.3. The highest BCUT2D eigenvalue weighted by atomic mass is 28.4. The van der Waals surface area contributed by atoms with Crippen LogP contribution in [0.15, 0.2) is 12.3 Å². The van der Waals surface area contributed by atoms with E-state index in [1.165, 1.54) is 0 Å². The number of pyridine rings is 1. The van der Waals surface area contributed by atoms with Crippen molar-refractivity contribution in [1.82, 2.24) is 4.98 Å². The molecule has 176 valence electrons. The van der Waals surface area contributed by atoms with Crippen LogP contribution >= 0.6 is 0 Å². The zero-order chi connectivity index (χ0) is 24.4. The minimum Gasteiger partial charge on any atom is -0.443 e. The van der Waals surface area contributed by atoms with E-state index in [2.05, 4.69) is 38.8 Å². The molecular weight excluding hydrogens is 412 g/mol. The summed E-state index contributed by atoms with van der Waals surface area (Å²) < 4.78 is 17.1. The summed E-state index contributed by atoms with van der Waals surface area (Å²) in [6.45, 7) is 23.7. The standard InChI is InChI=1S/C23H40N2O5Si/c1-16-13-18(24-14-17(16)15-28-31(11,12)23(8,9)10)25(19(26)29-21(2,3)4)20(27)30-22(5,6)7/h13-14H,15H2,1-12H3. The Bertz CT molecular complexity index is 774. The van der Waals surface area contributed by atoms with Gasteiger partial charge >= 0.3 is 12.2 Å². The summed E-state index contributed by atoms with van der Waals surface area (Å²) in [4.78, 5) is 30.8. The van der Waals surface area contributed by atoms with Crippen LogP contribution < -0.4 is 4.90 Å². The molecule has 0 atom stereocenters. The number of ether oxygens (including phenoxy) is 2. The number of hydrogen-bond donors (Lipinski definition) is 0. The molecule has 0 bridgehead atoms. The van der Waals surface area contributed by atoms with Crippen LogP contribution in [-0.2, 0) is 20.5 Å². The van der Waals surface area contributed by atoms with Gasteiger partial charge in [-0.05, 0) is 83.8 Å². The molecule has 0 saturated carbocycles. The molecule has 0 spiro atoms. The number of nitrogens with zero attached hydrogens (tertiary/aromatic N) is 2. The maximum Gasteiger partial charge on any atom is 0.425 e. The molecule has 1 aromatic rings. The SMILES string of the molecule is Cc1cc(N(C(=O)OC(C)(C)C)C(=O)OC(C)(C)C)ncc1CO[Si](C)(C)C(C)(C)C. The Morgan fingerprint density at radius 3 is 1.74 bits per heavy atom. The van der Waals surface area contributed by atoms with Crippen molar-refractivity contribution in [3.8, 4) is 0 Å². The molecule has 8 heteroatoms. The number of imide groups is 1. The molecule has 1 aromatic heterocycles. The van der Waals surface area contributed by atoms with Crippen molar-refractivity contribution in [3.63, 3.8) is 0 Å². The molecular formula is C23H40N2O5Si. The highest BCUT2D eigenvalue weighted by Gasteiger charge is 2.37. The Labute approximate surface area is 188 Å². The molecule has 0 aliphatic carbocycles. The van der Waals surface area contributed by atoms with Crippen LogP contribution in [0.4, 0.5) is 15.4 Å². The van der Waals surface area contributed by atoms with E-state index in [4.69, 9.17) is 13.9 Å². The Kier molecular flexibility index (Phi) is 8.11. The monoisotopic (exact) mass is 452 g/mol. The Morgan fingerprint density at radius 1 is 0.935 bits per heavy atom. The largest absolute Gasteiger partial charge is 0.443 e. The van der Waals surface area contributed by atoms with E-state index in [9.17, 15) is 9.59 Å². The number of carbonyl (C=O) groups excluding carboxylic acids is 2. The van der Waals surface area contributed by atoms with Gasteiger partial charge in [0.2, 0.25) is 0 Å². The normalized spacial score (nSPS) is 13.0. The predicted molar refractivity (Wildman–Crippen MR) is 126 cm³/mol. The van der Waals surface area contributed by atoms with E-state index in [1.807, 2.05) is 6.92 Å². The first-order valence-corrected chi connectivity index (χ1v) is 13.5.